The molecule has 0 radical (unpaired) electrons. The predicted octanol–water partition coefficient (Wildman–Crippen LogP) is 4.57. The third-order valence-corrected chi connectivity index (χ3v) is 6.28. The van der Waals surface area contributed by atoms with Crippen molar-refractivity contribution in [3.63, 3.8) is 0 Å². The number of hydrogen-bond donors (Lipinski definition) is 0. The summed E-state index contributed by atoms with van der Waals surface area (Å²) >= 11 is 0. The van der Waals surface area contributed by atoms with Crippen molar-refractivity contribution < 1.29 is 9.47 Å². The normalized spacial score (nSPS) is 19.4. The first-order valence-corrected chi connectivity index (χ1v) is 10.9. The van der Waals surface area contributed by atoms with Gasteiger partial charge in [-0.1, -0.05) is 31.7 Å². The fourth-order valence-electron chi connectivity index (χ4n) is 4.67. The molecule has 152 valence electrons. The van der Waals surface area contributed by atoms with Gasteiger partial charge in [0.15, 0.2) is 11.5 Å². The highest BCUT2D eigenvalue weighted by Gasteiger charge is 2.19. The molecular formula is C23H38N2O2. The average molecular weight is 375 g/mol. The fraction of sp³-hybridized carbons (Fsp3) is 0.739. The van der Waals surface area contributed by atoms with Gasteiger partial charge in [0.1, 0.15) is 0 Å². The molecule has 4 heteroatoms. The predicted molar refractivity (Wildman–Crippen MR) is 112 cm³/mol. The van der Waals surface area contributed by atoms with Crippen LogP contribution in [0.5, 0.6) is 11.5 Å². The highest BCUT2D eigenvalue weighted by atomic mass is 16.5. The lowest BCUT2D eigenvalue weighted by molar-refractivity contribution is 0.151. The maximum absolute atomic E-state index is 5.51. The van der Waals surface area contributed by atoms with Crippen LogP contribution in [0.25, 0.3) is 0 Å². The first-order chi connectivity index (χ1) is 13.3. The van der Waals surface area contributed by atoms with Crippen molar-refractivity contribution in [3.8, 4) is 11.5 Å². The van der Waals surface area contributed by atoms with Crippen LogP contribution in [0.2, 0.25) is 0 Å². The standard InChI is InChI=1S/C23H38N2O2/c1-26-22-12-11-21(17-23(22)27-2)19-25(18-20-9-5-3-6-10-20)16-15-24-13-7-4-8-14-24/h11-12,17,20H,3-10,13-16,18-19H2,1-2H3. The zero-order chi connectivity index (χ0) is 18.9. The van der Waals surface area contributed by atoms with Gasteiger partial charge in [0.25, 0.3) is 0 Å². The summed E-state index contributed by atoms with van der Waals surface area (Å²) in [5.41, 5.74) is 1.32. The van der Waals surface area contributed by atoms with Crippen LogP contribution in [0.3, 0.4) is 0 Å². The zero-order valence-electron chi connectivity index (χ0n) is 17.4. The molecule has 0 N–H and O–H groups in total. The van der Waals surface area contributed by atoms with Crippen LogP contribution in [0.4, 0.5) is 0 Å². The first kappa shape index (κ1) is 20.5. The molecule has 2 aliphatic rings. The lowest BCUT2D eigenvalue weighted by atomic mass is 9.89. The lowest BCUT2D eigenvalue weighted by Gasteiger charge is -2.33. The van der Waals surface area contributed by atoms with Crippen molar-refractivity contribution in [1.29, 1.82) is 0 Å². The van der Waals surface area contributed by atoms with E-state index in [1.807, 2.05) is 6.07 Å². The Hall–Kier alpha value is -1.26. The summed E-state index contributed by atoms with van der Waals surface area (Å²) < 4.78 is 10.9. The van der Waals surface area contributed by atoms with Crippen LogP contribution in [-0.2, 0) is 6.54 Å². The second kappa shape index (κ2) is 10.9. The van der Waals surface area contributed by atoms with Gasteiger partial charge >= 0.3 is 0 Å². The van der Waals surface area contributed by atoms with E-state index >= 15 is 0 Å². The van der Waals surface area contributed by atoms with Gasteiger partial charge in [-0.2, -0.15) is 0 Å². The Bertz CT molecular complexity index is 551. The summed E-state index contributed by atoms with van der Waals surface area (Å²) in [5.74, 6) is 2.53. The van der Waals surface area contributed by atoms with Crippen LogP contribution in [0.1, 0.15) is 56.9 Å². The number of benzene rings is 1. The highest BCUT2D eigenvalue weighted by Crippen LogP contribution is 2.29. The quantitative estimate of drug-likeness (QED) is 0.632. The van der Waals surface area contributed by atoms with E-state index in [2.05, 4.69) is 21.9 Å². The van der Waals surface area contributed by atoms with Crippen molar-refractivity contribution in [1.82, 2.24) is 9.80 Å². The Morgan fingerprint density at radius 3 is 2.33 bits per heavy atom. The SMILES string of the molecule is COc1ccc(CN(CCN2CCCCC2)CC2CCCCC2)cc1OC. The van der Waals surface area contributed by atoms with Gasteiger partial charge in [0.05, 0.1) is 14.2 Å². The van der Waals surface area contributed by atoms with Crippen molar-refractivity contribution in [2.75, 3.05) is 46.9 Å². The molecule has 2 fully saturated rings. The van der Waals surface area contributed by atoms with E-state index in [1.54, 1.807) is 14.2 Å². The van der Waals surface area contributed by atoms with E-state index < -0.39 is 0 Å². The molecule has 0 spiro atoms. The molecule has 1 saturated carbocycles. The van der Waals surface area contributed by atoms with Gasteiger partial charge in [0.2, 0.25) is 0 Å². The summed E-state index contributed by atoms with van der Waals surface area (Å²) in [4.78, 5) is 5.35. The van der Waals surface area contributed by atoms with Crippen LogP contribution in [0.15, 0.2) is 18.2 Å². The fourth-order valence-corrected chi connectivity index (χ4v) is 4.67. The van der Waals surface area contributed by atoms with E-state index in [9.17, 15) is 0 Å². The zero-order valence-corrected chi connectivity index (χ0v) is 17.4. The van der Waals surface area contributed by atoms with E-state index in [-0.39, 0.29) is 0 Å². The molecule has 1 saturated heterocycles. The Morgan fingerprint density at radius 1 is 0.926 bits per heavy atom. The topological polar surface area (TPSA) is 24.9 Å². The van der Waals surface area contributed by atoms with Crippen molar-refractivity contribution >= 4 is 0 Å². The molecule has 4 nitrogen and oxygen atoms in total. The number of likely N-dealkylation sites (tertiary alicyclic amines) is 1. The molecule has 0 aromatic heterocycles. The first-order valence-electron chi connectivity index (χ1n) is 10.9. The summed E-state index contributed by atoms with van der Waals surface area (Å²) in [7, 11) is 3.42. The van der Waals surface area contributed by atoms with Crippen LogP contribution >= 0.6 is 0 Å². The third-order valence-electron chi connectivity index (χ3n) is 6.28. The van der Waals surface area contributed by atoms with Crippen molar-refractivity contribution in [2.45, 2.75) is 57.9 Å². The smallest absolute Gasteiger partial charge is 0.161 e. The number of rotatable bonds is 9. The third kappa shape index (κ3) is 6.39. The molecule has 0 unspecified atom stereocenters. The average Bonchev–Trinajstić information content (AvgIpc) is 2.73. The molecular weight excluding hydrogens is 336 g/mol. The molecule has 1 aromatic carbocycles. The Labute approximate surface area is 165 Å². The Balaban J connectivity index is 1.62. The Kier molecular flexibility index (Phi) is 8.28. The molecule has 1 heterocycles. The second-order valence-electron chi connectivity index (χ2n) is 8.33. The Morgan fingerprint density at radius 2 is 1.63 bits per heavy atom. The number of hydrogen-bond acceptors (Lipinski definition) is 4. The maximum Gasteiger partial charge on any atom is 0.161 e. The number of nitrogens with zero attached hydrogens (tertiary/aromatic N) is 2. The summed E-state index contributed by atoms with van der Waals surface area (Å²) in [6.45, 7) is 7.19. The van der Waals surface area contributed by atoms with Crippen molar-refractivity contribution in [3.05, 3.63) is 23.8 Å². The van der Waals surface area contributed by atoms with Gasteiger partial charge in [0, 0.05) is 26.2 Å². The molecule has 1 aliphatic heterocycles. The summed E-state index contributed by atoms with van der Waals surface area (Å²) in [5, 5.41) is 0. The van der Waals surface area contributed by atoms with E-state index in [0.29, 0.717) is 0 Å². The van der Waals surface area contributed by atoms with Gasteiger partial charge < -0.3 is 14.4 Å². The number of piperidine rings is 1. The molecule has 1 aromatic rings. The molecule has 0 atom stereocenters. The molecule has 3 rings (SSSR count). The van der Waals surface area contributed by atoms with Crippen LogP contribution in [-0.4, -0.2) is 56.7 Å². The lowest BCUT2D eigenvalue weighted by Crippen LogP contribution is -2.39. The molecule has 0 amide bonds. The summed E-state index contributed by atoms with van der Waals surface area (Å²) in [6.07, 6.45) is 11.2. The second-order valence-corrected chi connectivity index (χ2v) is 8.33. The molecule has 1 aliphatic carbocycles. The maximum atomic E-state index is 5.51. The van der Waals surface area contributed by atoms with Gasteiger partial charge in [-0.3, -0.25) is 4.90 Å². The monoisotopic (exact) mass is 374 g/mol. The number of methoxy groups -OCH3 is 2. The van der Waals surface area contributed by atoms with Gasteiger partial charge in [-0.15, -0.1) is 0 Å². The van der Waals surface area contributed by atoms with Crippen LogP contribution in [0, 0.1) is 5.92 Å². The van der Waals surface area contributed by atoms with E-state index in [1.165, 1.54) is 89.7 Å². The van der Waals surface area contributed by atoms with Gasteiger partial charge in [-0.05, 0) is 62.4 Å². The van der Waals surface area contributed by atoms with Crippen molar-refractivity contribution in [2.24, 2.45) is 5.92 Å². The molecule has 27 heavy (non-hydrogen) atoms. The minimum absolute atomic E-state index is 0.813. The molecule has 0 bridgehead atoms. The minimum atomic E-state index is 0.813. The highest BCUT2D eigenvalue weighted by molar-refractivity contribution is 5.42. The largest absolute Gasteiger partial charge is 0.493 e. The van der Waals surface area contributed by atoms with Gasteiger partial charge in [-0.25, -0.2) is 0 Å². The summed E-state index contributed by atoms with van der Waals surface area (Å²) in [6, 6.07) is 6.38. The minimum Gasteiger partial charge on any atom is -0.493 e. The number of ether oxygens (including phenoxy) is 2. The van der Waals surface area contributed by atoms with Crippen LogP contribution < -0.4 is 9.47 Å². The van der Waals surface area contributed by atoms with E-state index in [4.69, 9.17) is 9.47 Å². The van der Waals surface area contributed by atoms with E-state index in [0.717, 1.165) is 24.0 Å².